The van der Waals surface area contributed by atoms with Crippen LogP contribution in [0.25, 0.3) is 0 Å². The van der Waals surface area contributed by atoms with Crippen LogP contribution in [0.3, 0.4) is 0 Å². The summed E-state index contributed by atoms with van der Waals surface area (Å²) in [6, 6.07) is 1.93. The molecule has 0 aliphatic carbocycles. The first kappa shape index (κ1) is 8.52. The number of allylic oxidation sites excluding steroid dienone is 2. The summed E-state index contributed by atoms with van der Waals surface area (Å²) in [5.74, 6) is 0.723. The molecule has 0 fully saturated rings. The number of hydrogen-bond donors (Lipinski definition) is 0. The van der Waals surface area contributed by atoms with Crippen molar-refractivity contribution in [3.63, 3.8) is 0 Å². The molecule has 0 aliphatic rings. The maximum Gasteiger partial charge on any atom is 0.0908 e. The SMILES string of the molecule is N#CC=CCCCCCl. The Morgan fingerprint density at radius 2 is 2.22 bits per heavy atom. The first-order chi connectivity index (χ1) is 4.41. The van der Waals surface area contributed by atoms with E-state index < -0.39 is 0 Å². The van der Waals surface area contributed by atoms with E-state index in [0.717, 1.165) is 25.1 Å². The summed E-state index contributed by atoms with van der Waals surface area (Å²) in [4.78, 5) is 0. The van der Waals surface area contributed by atoms with E-state index in [1.165, 1.54) is 6.08 Å². The number of alkyl halides is 1. The molecule has 0 unspecified atom stereocenters. The van der Waals surface area contributed by atoms with E-state index in [0.29, 0.717) is 0 Å². The van der Waals surface area contributed by atoms with Crippen LogP contribution in [0.15, 0.2) is 12.2 Å². The van der Waals surface area contributed by atoms with E-state index in [2.05, 4.69) is 0 Å². The molecule has 0 aromatic rings. The number of nitrogens with zero attached hydrogens (tertiary/aromatic N) is 1. The van der Waals surface area contributed by atoms with E-state index in [1.54, 1.807) is 0 Å². The van der Waals surface area contributed by atoms with E-state index >= 15 is 0 Å². The van der Waals surface area contributed by atoms with Gasteiger partial charge < -0.3 is 0 Å². The molecule has 0 heterocycles. The largest absolute Gasteiger partial charge is 0.193 e. The van der Waals surface area contributed by atoms with E-state index in [9.17, 15) is 0 Å². The Bertz CT molecular complexity index is 113. The quantitative estimate of drug-likeness (QED) is 0.337. The Labute approximate surface area is 60.9 Å². The molecule has 0 saturated heterocycles. The molecule has 0 aliphatic heterocycles. The molecule has 0 rings (SSSR count). The summed E-state index contributed by atoms with van der Waals surface area (Å²) in [6.45, 7) is 0. The Morgan fingerprint density at radius 1 is 1.44 bits per heavy atom. The van der Waals surface area contributed by atoms with Crippen molar-refractivity contribution in [3.8, 4) is 6.07 Å². The Morgan fingerprint density at radius 3 is 2.78 bits per heavy atom. The lowest BCUT2D eigenvalue weighted by atomic mass is 10.2. The minimum atomic E-state index is 0.723. The average Bonchev–Trinajstić information content (AvgIpc) is 1.89. The maximum absolute atomic E-state index is 8.06. The molecule has 0 aromatic heterocycles. The van der Waals surface area contributed by atoms with Crippen molar-refractivity contribution in [2.75, 3.05) is 5.88 Å². The molecule has 0 atom stereocenters. The van der Waals surface area contributed by atoms with E-state index in [4.69, 9.17) is 16.9 Å². The fourth-order valence-corrected chi connectivity index (χ4v) is 0.682. The first-order valence-corrected chi connectivity index (χ1v) is 3.56. The van der Waals surface area contributed by atoms with Gasteiger partial charge in [-0.25, -0.2) is 0 Å². The highest BCUT2D eigenvalue weighted by atomic mass is 35.5. The topological polar surface area (TPSA) is 23.8 Å². The second-order valence-corrected chi connectivity index (χ2v) is 2.09. The van der Waals surface area contributed by atoms with Crippen molar-refractivity contribution in [1.82, 2.24) is 0 Å². The third kappa shape index (κ3) is 7.52. The minimum absolute atomic E-state index is 0.723. The number of rotatable bonds is 4. The number of nitriles is 1. The molecule has 0 radical (unpaired) electrons. The van der Waals surface area contributed by atoms with Gasteiger partial charge in [0.25, 0.3) is 0 Å². The van der Waals surface area contributed by atoms with Crippen molar-refractivity contribution in [3.05, 3.63) is 12.2 Å². The van der Waals surface area contributed by atoms with Crippen molar-refractivity contribution < 1.29 is 0 Å². The van der Waals surface area contributed by atoms with Crippen molar-refractivity contribution in [1.29, 1.82) is 5.26 Å². The van der Waals surface area contributed by atoms with Crippen molar-refractivity contribution in [2.45, 2.75) is 19.3 Å². The molecule has 1 nitrogen and oxygen atoms in total. The number of hydrogen-bond acceptors (Lipinski definition) is 1. The van der Waals surface area contributed by atoms with Crippen LogP contribution in [0.5, 0.6) is 0 Å². The lowest BCUT2D eigenvalue weighted by molar-refractivity contribution is 0.820. The van der Waals surface area contributed by atoms with Gasteiger partial charge in [0.05, 0.1) is 6.07 Å². The van der Waals surface area contributed by atoms with Crippen molar-refractivity contribution >= 4 is 11.6 Å². The van der Waals surface area contributed by atoms with Gasteiger partial charge in [-0.1, -0.05) is 6.08 Å². The smallest absolute Gasteiger partial charge is 0.0908 e. The average molecular weight is 144 g/mol. The molecule has 50 valence electrons. The summed E-state index contributed by atoms with van der Waals surface area (Å²) >= 11 is 5.43. The van der Waals surface area contributed by atoms with Gasteiger partial charge in [0.2, 0.25) is 0 Å². The second-order valence-electron chi connectivity index (χ2n) is 1.72. The van der Waals surface area contributed by atoms with Gasteiger partial charge in [-0.2, -0.15) is 5.26 Å². The van der Waals surface area contributed by atoms with Crippen LogP contribution in [0, 0.1) is 11.3 Å². The lowest BCUT2D eigenvalue weighted by Crippen LogP contribution is -1.73. The lowest BCUT2D eigenvalue weighted by Gasteiger charge is -1.87. The summed E-state index contributed by atoms with van der Waals surface area (Å²) in [5, 5.41) is 8.06. The molecule has 2 heteroatoms. The van der Waals surface area contributed by atoms with Crippen LogP contribution in [-0.2, 0) is 0 Å². The zero-order valence-corrected chi connectivity index (χ0v) is 6.06. The zero-order valence-electron chi connectivity index (χ0n) is 5.31. The maximum atomic E-state index is 8.06. The highest BCUT2D eigenvalue weighted by Gasteiger charge is 1.80. The highest BCUT2D eigenvalue weighted by molar-refractivity contribution is 6.17. The molecule has 0 saturated carbocycles. The van der Waals surface area contributed by atoms with Gasteiger partial charge in [-0.15, -0.1) is 11.6 Å². The standard InChI is InChI=1S/C7H10ClN/c8-6-4-2-1-3-5-7-9/h3,5H,1-2,4,6H2. The first-order valence-electron chi connectivity index (χ1n) is 3.02. The third-order valence-corrected chi connectivity index (χ3v) is 1.21. The molecule has 0 spiro atoms. The molecule has 9 heavy (non-hydrogen) atoms. The summed E-state index contributed by atoms with van der Waals surface area (Å²) in [6.07, 6.45) is 6.47. The van der Waals surface area contributed by atoms with Crippen molar-refractivity contribution in [2.24, 2.45) is 0 Å². The molecular weight excluding hydrogens is 134 g/mol. The summed E-state index contributed by atoms with van der Waals surface area (Å²) < 4.78 is 0. The summed E-state index contributed by atoms with van der Waals surface area (Å²) in [5.41, 5.74) is 0. The Hall–Kier alpha value is -0.480. The van der Waals surface area contributed by atoms with Gasteiger partial charge in [0, 0.05) is 12.0 Å². The van der Waals surface area contributed by atoms with Gasteiger partial charge in [0.15, 0.2) is 0 Å². The second kappa shape index (κ2) is 7.52. The van der Waals surface area contributed by atoms with Crippen LogP contribution in [0.1, 0.15) is 19.3 Å². The third-order valence-electron chi connectivity index (χ3n) is 0.947. The molecule has 0 amide bonds. The van der Waals surface area contributed by atoms with Crippen LogP contribution in [0.4, 0.5) is 0 Å². The van der Waals surface area contributed by atoms with Gasteiger partial charge >= 0.3 is 0 Å². The van der Waals surface area contributed by atoms with Gasteiger partial charge in [0.1, 0.15) is 0 Å². The van der Waals surface area contributed by atoms with Crippen LogP contribution >= 0.6 is 11.6 Å². The monoisotopic (exact) mass is 143 g/mol. The molecule has 0 bridgehead atoms. The Kier molecular flexibility index (Phi) is 7.12. The molecule has 0 aromatic carbocycles. The van der Waals surface area contributed by atoms with Gasteiger partial charge in [-0.3, -0.25) is 0 Å². The van der Waals surface area contributed by atoms with E-state index in [1.807, 2.05) is 12.1 Å². The molecular formula is C7H10ClN. The predicted molar refractivity (Wildman–Crippen MR) is 39.3 cm³/mol. The van der Waals surface area contributed by atoms with Crippen LogP contribution in [0.2, 0.25) is 0 Å². The van der Waals surface area contributed by atoms with Gasteiger partial charge in [-0.05, 0) is 19.3 Å². The minimum Gasteiger partial charge on any atom is -0.193 e. The number of unbranched alkanes of at least 4 members (excludes halogenated alkanes) is 2. The molecule has 0 N–H and O–H groups in total. The highest BCUT2D eigenvalue weighted by Crippen LogP contribution is 1.97. The zero-order chi connectivity index (χ0) is 6.95. The fourth-order valence-electron chi connectivity index (χ4n) is 0.493. The Balaban J connectivity index is 2.93. The fraction of sp³-hybridized carbons (Fsp3) is 0.571. The van der Waals surface area contributed by atoms with Crippen LogP contribution < -0.4 is 0 Å². The normalized spacial score (nSPS) is 9.78. The number of halogens is 1. The van der Waals surface area contributed by atoms with Crippen LogP contribution in [-0.4, -0.2) is 5.88 Å². The summed E-state index contributed by atoms with van der Waals surface area (Å²) in [7, 11) is 0. The van der Waals surface area contributed by atoms with E-state index in [-0.39, 0.29) is 0 Å². The predicted octanol–water partition coefficient (Wildman–Crippen LogP) is 2.48.